The SMILES string of the molecule is Cc1nc(NCC(C)C)cc(Nc2cccc(C)c2C)n1. The van der Waals surface area contributed by atoms with E-state index >= 15 is 0 Å². The molecule has 1 heterocycles. The zero-order chi connectivity index (χ0) is 15.4. The standard InChI is InChI=1S/C17H24N4/c1-11(2)10-18-16-9-17(20-14(5)19-16)21-15-8-6-7-12(3)13(15)4/h6-9,11H,10H2,1-5H3,(H2,18,19,20,21). The van der Waals surface area contributed by atoms with Crippen LogP contribution in [-0.2, 0) is 0 Å². The van der Waals surface area contributed by atoms with Crippen molar-refractivity contribution in [2.75, 3.05) is 17.2 Å². The predicted molar refractivity (Wildman–Crippen MR) is 89.3 cm³/mol. The molecule has 1 aromatic carbocycles. The summed E-state index contributed by atoms with van der Waals surface area (Å²) >= 11 is 0. The Balaban J connectivity index is 2.21. The van der Waals surface area contributed by atoms with Crippen molar-refractivity contribution in [3.8, 4) is 0 Å². The molecule has 0 radical (unpaired) electrons. The van der Waals surface area contributed by atoms with Crippen molar-refractivity contribution < 1.29 is 0 Å². The van der Waals surface area contributed by atoms with Gasteiger partial charge in [0.1, 0.15) is 17.5 Å². The number of aryl methyl sites for hydroxylation is 2. The molecule has 0 saturated carbocycles. The first-order valence-corrected chi connectivity index (χ1v) is 7.38. The smallest absolute Gasteiger partial charge is 0.136 e. The van der Waals surface area contributed by atoms with E-state index in [0.29, 0.717) is 5.92 Å². The van der Waals surface area contributed by atoms with Crippen LogP contribution in [0.15, 0.2) is 24.3 Å². The second-order valence-corrected chi connectivity index (χ2v) is 5.83. The van der Waals surface area contributed by atoms with E-state index in [1.807, 2.05) is 13.0 Å². The van der Waals surface area contributed by atoms with Crippen LogP contribution in [0.1, 0.15) is 30.8 Å². The van der Waals surface area contributed by atoms with E-state index in [9.17, 15) is 0 Å². The van der Waals surface area contributed by atoms with Gasteiger partial charge >= 0.3 is 0 Å². The number of benzene rings is 1. The van der Waals surface area contributed by atoms with E-state index < -0.39 is 0 Å². The highest BCUT2D eigenvalue weighted by Crippen LogP contribution is 2.23. The van der Waals surface area contributed by atoms with E-state index in [4.69, 9.17) is 0 Å². The van der Waals surface area contributed by atoms with Crippen LogP contribution in [0.4, 0.5) is 17.3 Å². The Hall–Kier alpha value is -2.10. The number of hydrogen-bond donors (Lipinski definition) is 2. The predicted octanol–water partition coefficient (Wildman–Crippen LogP) is 4.21. The van der Waals surface area contributed by atoms with E-state index in [1.165, 1.54) is 11.1 Å². The molecule has 0 fully saturated rings. The van der Waals surface area contributed by atoms with Gasteiger partial charge in [-0.05, 0) is 43.9 Å². The molecule has 21 heavy (non-hydrogen) atoms. The van der Waals surface area contributed by atoms with Gasteiger partial charge in [0.15, 0.2) is 0 Å². The molecule has 0 unspecified atom stereocenters. The summed E-state index contributed by atoms with van der Waals surface area (Å²) < 4.78 is 0. The van der Waals surface area contributed by atoms with Gasteiger partial charge in [-0.25, -0.2) is 9.97 Å². The number of rotatable bonds is 5. The Morgan fingerprint density at radius 3 is 2.48 bits per heavy atom. The average molecular weight is 284 g/mol. The van der Waals surface area contributed by atoms with Crippen LogP contribution in [0.3, 0.4) is 0 Å². The minimum atomic E-state index is 0.579. The lowest BCUT2D eigenvalue weighted by Gasteiger charge is -2.13. The lowest BCUT2D eigenvalue weighted by atomic mass is 10.1. The molecule has 4 heteroatoms. The summed E-state index contributed by atoms with van der Waals surface area (Å²) in [6.45, 7) is 11.4. The molecule has 0 aliphatic carbocycles. The van der Waals surface area contributed by atoms with Crippen molar-refractivity contribution in [1.29, 1.82) is 0 Å². The fourth-order valence-corrected chi connectivity index (χ4v) is 2.06. The third-order valence-electron chi connectivity index (χ3n) is 3.40. The van der Waals surface area contributed by atoms with Crippen LogP contribution >= 0.6 is 0 Å². The highest BCUT2D eigenvalue weighted by molar-refractivity contribution is 5.63. The molecular weight excluding hydrogens is 260 g/mol. The number of anilines is 3. The maximum Gasteiger partial charge on any atom is 0.136 e. The Bertz CT molecular complexity index is 620. The minimum Gasteiger partial charge on any atom is -0.370 e. The van der Waals surface area contributed by atoms with Gasteiger partial charge in [0.2, 0.25) is 0 Å². The van der Waals surface area contributed by atoms with Gasteiger partial charge in [-0.15, -0.1) is 0 Å². The van der Waals surface area contributed by atoms with Crippen LogP contribution in [0.2, 0.25) is 0 Å². The highest BCUT2D eigenvalue weighted by atomic mass is 15.1. The Morgan fingerprint density at radius 2 is 1.76 bits per heavy atom. The number of nitrogens with zero attached hydrogens (tertiary/aromatic N) is 2. The summed E-state index contributed by atoms with van der Waals surface area (Å²) in [6, 6.07) is 8.19. The first-order chi connectivity index (χ1) is 9.95. The van der Waals surface area contributed by atoms with Crippen molar-refractivity contribution in [3.63, 3.8) is 0 Å². The molecule has 4 nitrogen and oxygen atoms in total. The lowest BCUT2D eigenvalue weighted by Crippen LogP contribution is -2.10. The maximum atomic E-state index is 4.46. The van der Waals surface area contributed by atoms with Gasteiger partial charge < -0.3 is 10.6 Å². The fraction of sp³-hybridized carbons (Fsp3) is 0.412. The molecule has 1 aromatic heterocycles. The van der Waals surface area contributed by atoms with Crippen LogP contribution in [0.5, 0.6) is 0 Å². The van der Waals surface area contributed by atoms with Crippen LogP contribution in [0, 0.1) is 26.7 Å². The third-order valence-corrected chi connectivity index (χ3v) is 3.40. The van der Waals surface area contributed by atoms with Crippen LogP contribution < -0.4 is 10.6 Å². The Kier molecular flexibility index (Phi) is 4.78. The maximum absolute atomic E-state index is 4.46. The zero-order valence-electron chi connectivity index (χ0n) is 13.5. The van der Waals surface area contributed by atoms with Crippen molar-refractivity contribution in [2.45, 2.75) is 34.6 Å². The van der Waals surface area contributed by atoms with Gasteiger partial charge in [-0.3, -0.25) is 0 Å². The molecule has 2 N–H and O–H groups in total. The Morgan fingerprint density at radius 1 is 1.05 bits per heavy atom. The minimum absolute atomic E-state index is 0.579. The second kappa shape index (κ2) is 6.57. The third kappa shape index (κ3) is 4.18. The molecule has 2 aromatic rings. The summed E-state index contributed by atoms with van der Waals surface area (Å²) in [4.78, 5) is 8.89. The van der Waals surface area contributed by atoms with Gasteiger partial charge in [-0.2, -0.15) is 0 Å². The lowest BCUT2D eigenvalue weighted by molar-refractivity contribution is 0.686. The van der Waals surface area contributed by atoms with E-state index in [1.54, 1.807) is 0 Å². The summed E-state index contributed by atoms with van der Waals surface area (Å²) in [5.74, 6) is 3.03. The van der Waals surface area contributed by atoms with Crippen LogP contribution in [0.25, 0.3) is 0 Å². The number of aromatic nitrogens is 2. The molecule has 0 amide bonds. The molecule has 0 saturated heterocycles. The summed E-state index contributed by atoms with van der Waals surface area (Å²) in [5.41, 5.74) is 3.59. The molecule has 0 spiro atoms. The topological polar surface area (TPSA) is 49.8 Å². The average Bonchev–Trinajstić information content (AvgIpc) is 2.41. The molecule has 2 rings (SSSR count). The van der Waals surface area contributed by atoms with Gasteiger partial charge in [-0.1, -0.05) is 26.0 Å². The molecule has 0 aliphatic rings. The van der Waals surface area contributed by atoms with E-state index in [2.05, 4.69) is 66.5 Å². The Labute approximate surface area is 127 Å². The summed E-state index contributed by atoms with van der Waals surface area (Å²) in [6.07, 6.45) is 0. The quantitative estimate of drug-likeness (QED) is 0.863. The number of hydrogen-bond acceptors (Lipinski definition) is 4. The van der Waals surface area contributed by atoms with E-state index in [-0.39, 0.29) is 0 Å². The van der Waals surface area contributed by atoms with Crippen molar-refractivity contribution >= 4 is 17.3 Å². The molecule has 0 atom stereocenters. The zero-order valence-corrected chi connectivity index (χ0v) is 13.5. The van der Waals surface area contributed by atoms with E-state index in [0.717, 1.165) is 29.7 Å². The highest BCUT2D eigenvalue weighted by Gasteiger charge is 2.05. The van der Waals surface area contributed by atoms with Gasteiger partial charge in [0.25, 0.3) is 0 Å². The molecule has 112 valence electrons. The summed E-state index contributed by atoms with van der Waals surface area (Å²) in [5, 5.41) is 6.74. The largest absolute Gasteiger partial charge is 0.370 e. The second-order valence-electron chi connectivity index (χ2n) is 5.83. The van der Waals surface area contributed by atoms with Crippen molar-refractivity contribution in [1.82, 2.24) is 9.97 Å². The monoisotopic (exact) mass is 284 g/mol. The molecular formula is C17H24N4. The molecule has 0 aliphatic heterocycles. The fourth-order valence-electron chi connectivity index (χ4n) is 2.06. The van der Waals surface area contributed by atoms with Gasteiger partial charge in [0, 0.05) is 18.3 Å². The first-order valence-electron chi connectivity index (χ1n) is 7.38. The number of nitrogens with one attached hydrogen (secondary N) is 2. The van der Waals surface area contributed by atoms with Crippen molar-refractivity contribution in [3.05, 3.63) is 41.2 Å². The molecule has 0 bridgehead atoms. The van der Waals surface area contributed by atoms with Crippen LogP contribution in [-0.4, -0.2) is 16.5 Å². The van der Waals surface area contributed by atoms with Crippen molar-refractivity contribution in [2.24, 2.45) is 5.92 Å². The normalized spacial score (nSPS) is 10.8. The summed E-state index contributed by atoms with van der Waals surface area (Å²) in [7, 11) is 0. The van der Waals surface area contributed by atoms with Gasteiger partial charge in [0.05, 0.1) is 0 Å². The first kappa shape index (κ1) is 15.3.